The second-order valence-electron chi connectivity index (χ2n) is 7.54. The molecule has 0 bridgehead atoms. The molecule has 2 aromatic heterocycles. The third-order valence-corrected chi connectivity index (χ3v) is 6.87. The highest BCUT2D eigenvalue weighted by atomic mass is 35.5. The number of hydrogen-bond donors (Lipinski definition) is 1. The van der Waals surface area contributed by atoms with Gasteiger partial charge in [-0.3, -0.25) is 9.59 Å². The molecule has 164 valence electrons. The number of thiazole rings is 1. The number of carbonyl (C=O) groups is 1. The van der Waals surface area contributed by atoms with Gasteiger partial charge in [0.1, 0.15) is 6.54 Å². The van der Waals surface area contributed by atoms with E-state index >= 15 is 0 Å². The molecule has 0 saturated carbocycles. The molecule has 33 heavy (non-hydrogen) atoms. The first-order valence-electron chi connectivity index (χ1n) is 10.2. The fourth-order valence-corrected chi connectivity index (χ4v) is 5.09. The Bertz CT molecular complexity index is 1520. The lowest BCUT2D eigenvalue weighted by molar-refractivity contribution is -0.116. The molecule has 0 aliphatic carbocycles. The van der Waals surface area contributed by atoms with Gasteiger partial charge in [-0.05, 0) is 48.0 Å². The number of benzene rings is 3. The molecule has 5 nitrogen and oxygen atoms in total. The third-order valence-electron chi connectivity index (χ3n) is 5.35. The molecule has 0 aliphatic rings. The van der Waals surface area contributed by atoms with E-state index in [-0.39, 0.29) is 17.9 Å². The van der Waals surface area contributed by atoms with Gasteiger partial charge in [0.05, 0.1) is 11.0 Å². The summed E-state index contributed by atoms with van der Waals surface area (Å²) in [5.74, 6) is -0.226. The van der Waals surface area contributed by atoms with Gasteiger partial charge in [0, 0.05) is 38.3 Å². The van der Waals surface area contributed by atoms with Gasteiger partial charge in [-0.15, -0.1) is 11.3 Å². The van der Waals surface area contributed by atoms with Crippen molar-refractivity contribution in [1.29, 1.82) is 0 Å². The average Bonchev–Trinajstić information content (AvgIpc) is 3.25. The van der Waals surface area contributed by atoms with Crippen LogP contribution in [0.15, 0.2) is 77.7 Å². The molecule has 0 unspecified atom stereocenters. The van der Waals surface area contributed by atoms with Crippen LogP contribution in [0.3, 0.4) is 0 Å². The zero-order valence-electron chi connectivity index (χ0n) is 17.2. The number of pyridine rings is 1. The summed E-state index contributed by atoms with van der Waals surface area (Å²) in [6.45, 7) is 0.0519. The number of fused-ring (bicyclic) bond motifs is 2. The Morgan fingerprint density at radius 2 is 1.64 bits per heavy atom. The number of halogens is 2. The smallest absolute Gasteiger partial charge is 0.246 e. The molecular weight excluding hydrogens is 477 g/mol. The quantitative estimate of drug-likeness (QED) is 0.298. The van der Waals surface area contributed by atoms with Crippen molar-refractivity contribution in [3.63, 3.8) is 0 Å². The molecule has 2 heterocycles. The Hall–Kier alpha value is -3.19. The summed E-state index contributed by atoms with van der Waals surface area (Å²) in [5, 5.41) is 5.80. The van der Waals surface area contributed by atoms with Crippen LogP contribution >= 0.6 is 34.5 Å². The Labute approximate surface area is 203 Å². The second kappa shape index (κ2) is 8.98. The number of aromatic nitrogens is 2. The van der Waals surface area contributed by atoms with E-state index in [0.29, 0.717) is 43.4 Å². The topological polar surface area (TPSA) is 64.0 Å². The minimum atomic E-state index is -0.226. The molecule has 5 rings (SSSR count). The van der Waals surface area contributed by atoms with Crippen LogP contribution in [0.4, 0.5) is 5.13 Å². The van der Waals surface area contributed by atoms with Crippen LogP contribution in [0.1, 0.15) is 10.4 Å². The predicted molar refractivity (Wildman–Crippen MR) is 136 cm³/mol. The van der Waals surface area contributed by atoms with Gasteiger partial charge < -0.3 is 9.88 Å². The minimum Gasteiger partial charge on any atom is -0.331 e. The highest BCUT2D eigenvalue weighted by molar-refractivity contribution is 7.15. The zero-order chi connectivity index (χ0) is 22.9. The van der Waals surface area contributed by atoms with Gasteiger partial charge in [-0.2, -0.15) is 0 Å². The minimum absolute atomic E-state index is 0.0397. The van der Waals surface area contributed by atoms with Crippen molar-refractivity contribution < 1.29 is 4.79 Å². The van der Waals surface area contributed by atoms with Crippen molar-refractivity contribution in [2.24, 2.45) is 0 Å². The maximum absolute atomic E-state index is 12.9. The van der Waals surface area contributed by atoms with Gasteiger partial charge in [0.2, 0.25) is 5.91 Å². The second-order valence-corrected chi connectivity index (χ2v) is 9.50. The van der Waals surface area contributed by atoms with Crippen LogP contribution in [0.2, 0.25) is 10.0 Å². The van der Waals surface area contributed by atoms with Crippen LogP contribution in [0.5, 0.6) is 0 Å². The Morgan fingerprint density at radius 3 is 2.33 bits per heavy atom. The normalized spacial score (nSPS) is 11.2. The monoisotopic (exact) mass is 493 g/mol. The average molecular weight is 494 g/mol. The van der Waals surface area contributed by atoms with Crippen molar-refractivity contribution >= 4 is 67.4 Å². The molecular formula is C25H17Cl2N3O2S. The number of hydrogen-bond acceptors (Lipinski definition) is 4. The van der Waals surface area contributed by atoms with Gasteiger partial charge in [-0.25, -0.2) is 4.98 Å². The number of rotatable bonds is 5. The molecule has 0 radical (unpaired) electrons. The van der Waals surface area contributed by atoms with E-state index in [9.17, 15) is 9.59 Å². The number of para-hydroxylation sites is 2. The van der Waals surface area contributed by atoms with Crippen molar-refractivity contribution in [2.45, 2.75) is 13.0 Å². The summed E-state index contributed by atoms with van der Waals surface area (Å²) >= 11 is 13.7. The molecule has 0 atom stereocenters. The van der Waals surface area contributed by atoms with Crippen molar-refractivity contribution in [2.75, 3.05) is 5.32 Å². The van der Waals surface area contributed by atoms with Crippen molar-refractivity contribution in [1.82, 2.24) is 9.55 Å². The maximum Gasteiger partial charge on any atom is 0.246 e. The molecule has 5 aromatic rings. The van der Waals surface area contributed by atoms with Crippen LogP contribution in [0, 0.1) is 0 Å². The van der Waals surface area contributed by atoms with Crippen molar-refractivity contribution in [3.8, 4) is 0 Å². The summed E-state index contributed by atoms with van der Waals surface area (Å²) in [4.78, 5) is 31.1. The molecule has 0 aliphatic heterocycles. The largest absolute Gasteiger partial charge is 0.331 e. The summed E-state index contributed by atoms with van der Waals surface area (Å²) in [6, 6.07) is 20.0. The Morgan fingerprint density at radius 1 is 0.970 bits per heavy atom. The lowest BCUT2D eigenvalue weighted by Crippen LogP contribution is -2.21. The lowest BCUT2D eigenvalue weighted by Gasteiger charge is -2.14. The Kier molecular flexibility index (Phi) is 5.89. The van der Waals surface area contributed by atoms with E-state index in [2.05, 4.69) is 10.3 Å². The first kappa shape index (κ1) is 21.6. The van der Waals surface area contributed by atoms with Crippen LogP contribution in [-0.2, 0) is 17.8 Å². The van der Waals surface area contributed by atoms with Gasteiger partial charge in [-0.1, -0.05) is 47.5 Å². The summed E-state index contributed by atoms with van der Waals surface area (Å²) < 4.78 is 1.86. The lowest BCUT2D eigenvalue weighted by atomic mass is 10.1. The first-order valence-corrected chi connectivity index (χ1v) is 11.8. The first-order chi connectivity index (χ1) is 16.0. The number of anilines is 1. The molecule has 0 spiro atoms. The number of nitrogens with zero attached hydrogens (tertiary/aromatic N) is 2. The maximum atomic E-state index is 12.9. The fraction of sp³-hybridized carbons (Fsp3) is 0.0800. The molecule has 0 saturated heterocycles. The summed E-state index contributed by atoms with van der Waals surface area (Å²) in [5.41, 5.74) is 2.29. The van der Waals surface area contributed by atoms with Crippen molar-refractivity contribution in [3.05, 3.63) is 104 Å². The summed E-state index contributed by atoms with van der Waals surface area (Å²) in [6.07, 6.45) is 2.30. The molecule has 1 amide bonds. The van der Waals surface area contributed by atoms with Gasteiger partial charge in [0.25, 0.3) is 0 Å². The third kappa shape index (κ3) is 4.37. The number of amides is 1. The van der Waals surface area contributed by atoms with Gasteiger partial charge >= 0.3 is 0 Å². The van der Waals surface area contributed by atoms with E-state index < -0.39 is 0 Å². The standard InChI is InChI=1S/C25H17Cl2N3O2S/c26-16-9-10-20(27)15(11-16)12-17-13-28-25(33-17)29-23(31)14-30-21-7-3-1-5-18(21)24(32)19-6-2-4-8-22(19)30/h1-11,13H,12,14H2,(H,28,29,31). The van der Waals surface area contributed by atoms with Crippen LogP contribution in [0.25, 0.3) is 21.8 Å². The van der Waals surface area contributed by atoms with E-state index in [1.807, 2.05) is 47.0 Å². The van der Waals surface area contributed by atoms with E-state index in [1.165, 1.54) is 11.3 Å². The van der Waals surface area contributed by atoms with E-state index in [1.54, 1.807) is 30.5 Å². The van der Waals surface area contributed by atoms with Gasteiger partial charge in [0.15, 0.2) is 10.6 Å². The molecule has 1 N–H and O–H groups in total. The molecule has 0 fully saturated rings. The highest BCUT2D eigenvalue weighted by Gasteiger charge is 2.14. The summed E-state index contributed by atoms with van der Waals surface area (Å²) in [7, 11) is 0. The number of nitrogens with one attached hydrogen (secondary N) is 1. The number of carbonyl (C=O) groups excluding carboxylic acids is 1. The molecule has 8 heteroatoms. The fourth-order valence-electron chi connectivity index (χ4n) is 3.86. The molecule has 3 aromatic carbocycles. The highest BCUT2D eigenvalue weighted by Crippen LogP contribution is 2.27. The predicted octanol–water partition coefficient (Wildman–Crippen LogP) is 6.15. The Balaban J connectivity index is 1.41. The van der Waals surface area contributed by atoms with Crippen LogP contribution < -0.4 is 10.7 Å². The SMILES string of the molecule is O=C(Cn1c2ccccc2c(=O)c2ccccc21)Nc1ncc(Cc2cc(Cl)ccc2Cl)s1. The van der Waals surface area contributed by atoms with E-state index in [4.69, 9.17) is 23.2 Å². The zero-order valence-corrected chi connectivity index (χ0v) is 19.5. The van der Waals surface area contributed by atoms with Crippen LogP contribution in [-0.4, -0.2) is 15.5 Å². The van der Waals surface area contributed by atoms with E-state index in [0.717, 1.165) is 10.4 Å².